The van der Waals surface area contributed by atoms with Gasteiger partial charge in [-0.1, -0.05) is 72.3 Å². The summed E-state index contributed by atoms with van der Waals surface area (Å²) in [6.45, 7) is 2.19. The van der Waals surface area contributed by atoms with Crippen LogP contribution in [0.3, 0.4) is 0 Å². The van der Waals surface area contributed by atoms with Crippen LogP contribution in [0.15, 0.2) is 108 Å². The first-order valence-corrected chi connectivity index (χ1v) is 13.8. The summed E-state index contributed by atoms with van der Waals surface area (Å²) < 4.78 is 40.5. The monoisotopic (exact) mass is 550 g/mol. The molecule has 0 bridgehead atoms. The Hall–Kier alpha value is -3.85. The van der Waals surface area contributed by atoms with E-state index in [1.165, 1.54) is 18.2 Å². The molecule has 0 spiro atoms. The van der Waals surface area contributed by atoms with Crippen LogP contribution < -0.4 is 19.5 Å². The molecule has 1 atom stereocenters. The van der Waals surface area contributed by atoms with Gasteiger partial charge in [0.15, 0.2) is 5.75 Å². The first-order chi connectivity index (χ1) is 18.4. The minimum Gasteiger partial charge on any atom is -0.492 e. The van der Waals surface area contributed by atoms with Gasteiger partial charge in [0, 0.05) is 0 Å². The lowest BCUT2D eigenvalue weighted by Gasteiger charge is -2.20. The Morgan fingerprint density at radius 1 is 0.868 bits per heavy atom. The van der Waals surface area contributed by atoms with Gasteiger partial charge in [0.1, 0.15) is 17.5 Å². The molecule has 4 rings (SSSR count). The molecule has 7 nitrogen and oxygen atoms in total. The first kappa shape index (κ1) is 27.2. The standard InChI is InChI=1S/C29H27ClN2O5S/c1-2-36-27-18-17-23(20-24(27)30)38(34,35)32-26(19-21-11-5-3-6-12-21)29(33)31-25-15-9-10-16-28(25)37-22-13-7-4-8-14-22/h3-18,20,26,32H,2,19H2,1H3,(H,31,33). The van der Waals surface area contributed by atoms with E-state index < -0.39 is 22.0 Å². The summed E-state index contributed by atoms with van der Waals surface area (Å²) in [4.78, 5) is 13.4. The second kappa shape index (κ2) is 12.6. The summed E-state index contributed by atoms with van der Waals surface area (Å²) in [5.74, 6) is 0.857. The van der Waals surface area contributed by atoms with Crippen LogP contribution >= 0.6 is 11.6 Å². The van der Waals surface area contributed by atoms with Gasteiger partial charge in [-0.15, -0.1) is 0 Å². The summed E-state index contributed by atoms with van der Waals surface area (Å²) in [5, 5.41) is 2.98. The number of hydrogen-bond donors (Lipinski definition) is 2. The lowest BCUT2D eigenvalue weighted by Crippen LogP contribution is -2.45. The molecular weight excluding hydrogens is 524 g/mol. The highest BCUT2D eigenvalue weighted by molar-refractivity contribution is 7.89. The lowest BCUT2D eigenvalue weighted by atomic mass is 10.1. The summed E-state index contributed by atoms with van der Waals surface area (Å²) in [6.07, 6.45) is 0.123. The fourth-order valence-corrected chi connectivity index (χ4v) is 5.23. The van der Waals surface area contributed by atoms with Gasteiger partial charge in [-0.3, -0.25) is 4.79 Å². The molecule has 1 amide bonds. The molecule has 0 aromatic heterocycles. The van der Waals surface area contributed by atoms with E-state index in [4.69, 9.17) is 21.1 Å². The minimum absolute atomic E-state index is 0.0791. The average Bonchev–Trinajstić information content (AvgIpc) is 2.91. The van der Waals surface area contributed by atoms with Crippen molar-refractivity contribution in [2.75, 3.05) is 11.9 Å². The smallest absolute Gasteiger partial charge is 0.243 e. The number of anilines is 1. The largest absolute Gasteiger partial charge is 0.492 e. The molecule has 2 N–H and O–H groups in total. The molecule has 4 aromatic carbocycles. The Morgan fingerprint density at radius 2 is 1.53 bits per heavy atom. The van der Waals surface area contributed by atoms with Crippen molar-refractivity contribution >= 4 is 33.2 Å². The van der Waals surface area contributed by atoms with Crippen LogP contribution in [0.2, 0.25) is 5.02 Å². The van der Waals surface area contributed by atoms with Crippen molar-refractivity contribution in [3.05, 3.63) is 114 Å². The van der Waals surface area contributed by atoms with E-state index in [-0.39, 0.29) is 16.3 Å². The van der Waals surface area contributed by atoms with Crippen LogP contribution in [0.1, 0.15) is 12.5 Å². The lowest BCUT2D eigenvalue weighted by molar-refractivity contribution is -0.117. The number of benzene rings is 4. The van der Waals surface area contributed by atoms with Crippen LogP contribution in [0.25, 0.3) is 0 Å². The van der Waals surface area contributed by atoms with E-state index in [9.17, 15) is 13.2 Å². The van der Waals surface area contributed by atoms with E-state index in [0.29, 0.717) is 29.5 Å². The Balaban J connectivity index is 1.60. The second-order valence-corrected chi connectivity index (χ2v) is 10.4. The van der Waals surface area contributed by atoms with Gasteiger partial charge in [-0.2, -0.15) is 4.72 Å². The average molecular weight is 551 g/mol. The number of rotatable bonds is 11. The summed E-state index contributed by atoms with van der Waals surface area (Å²) in [6, 6.07) is 28.3. The van der Waals surface area contributed by atoms with Crippen LogP contribution in [-0.2, 0) is 21.2 Å². The van der Waals surface area contributed by atoms with Crippen molar-refractivity contribution in [2.24, 2.45) is 0 Å². The molecule has 1 unspecified atom stereocenters. The van der Waals surface area contributed by atoms with Crippen molar-refractivity contribution in [1.82, 2.24) is 4.72 Å². The molecule has 0 aliphatic rings. The summed E-state index contributed by atoms with van der Waals surface area (Å²) in [7, 11) is -4.11. The number of carbonyl (C=O) groups excluding carboxylic acids is 1. The molecule has 9 heteroatoms. The van der Waals surface area contributed by atoms with Gasteiger partial charge in [0.05, 0.1) is 22.2 Å². The molecule has 196 valence electrons. The maximum absolute atomic E-state index is 13.5. The molecule has 38 heavy (non-hydrogen) atoms. The Morgan fingerprint density at radius 3 is 2.21 bits per heavy atom. The maximum atomic E-state index is 13.5. The normalized spacial score (nSPS) is 11.9. The van der Waals surface area contributed by atoms with Gasteiger partial charge in [-0.25, -0.2) is 8.42 Å². The van der Waals surface area contributed by atoms with Crippen molar-refractivity contribution in [1.29, 1.82) is 0 Å². The third kappa shape index (κ3) is 7.13. The molecule has 0 heterocycles. The van der Waals surface area contributed by atoms with Crippen molar-refractivity contribution < 1.29 is 22.7 Å². The molecule has 4 aromatic rings. The number of ether oxygens (including phenoxy) is 2. The van der Waals surface area contributed by atoms with Crippen LogP contribution in [0, 0.1) is 0 Å². The summed E-state index contributed by atoms with van der Waals surface area (Å²) >= 11 is 6.22. The second-order valence-electron chi connectivity index (χ2n) is 8.29. The number of sulfonamides is 1. The fourth-order valence-electron chi connectivity index (χ4n) is 3.71. The number of halogens is 1. The Kier molecular flexibility index (Phi) is 9.02. The van der Waals surface area contributed by atoms with Crippen LogP contribution in [0.5, 0.6) is 17.2 Å². The quantitative estimate of drug-likeness (QED) is 0.237. The molecule has 0 aliphatic heterocycles. The molecule has 0 radical (unpaired) electrons. The van der Waals surface area contributed by atoms with Crippen LogP contribution in [-0.4, -0.2) is 27.0 Å². The number of amides is 1. The van der Waals surface area contributed by atoms with Crippen molar-refractivity contribution in [3.8, 4) is 17.2 Å². The molecule has 0 fully saturated rings. The predicted molar refractivity (Wildman–Crippen MR) is 148 cm³/mol. The van der Waals surface area contributed by atoms with Gasteiger partial charge in [0.25, 0.3) is 0 Å². The van der Waals surface area contributed by atoms with E-state index in [1.807, 2.05) is 48.5 Å². The number of carbonyl (C=O) groups is 1. The topological polar surface area (TPSA) is 93.7 Å². The van der Waals surface area contributed by atoms with E-state index in [0.717, 1.165) is 5.56 Å². The van der Waals surface area contributed by atoms with E-state index in [1.54, 1.807) is 43.3 Å². The van der Waals surface area contributed by atoms with E-state index >= 15 is 0 Å². The third-order valence-corrected chi connectivity index (χ3v) is 7.29. The Bertz CT molecular complexity index is 1480. The SMILES string of the molecule is CCOc1ccc(S(=O)(=O)NC(Cc2ccccc2)C(=O)Nc2ccccc2Oc2ccccc2)cc1Cl. The van der Waals surface area contributed by atoms with Crippen LogP contribution in [0.4, 0.5) is 5.69 Å². The molecule has 0 saturated heterocycles. The van der Waals surface area contributed by atoms with Gasteiger partial charge < -0.3 is 14.8 Å². The zero-order chi connectivity index (χ0) is 27.0. The molecular formula is C29H27ClN2O5S. The zero-order valence-electron chi connectivity index (χ0n) is 20.6. The highest BCUT2D eigenvalue weighted by Gasteiger charge is 2.27. The highest BCUT2D eigenvalue weighted by Crippen LogP contribution is 2.30. The number of nitrogens with one attached hydrogen (secondary N) is 2. The van der Waals surface area contributed by atoms with Gasteiger partial charge in [-0.05, 0) is 61.4 Å². The van der Waals surface area contributed by atoms with Gasteiger partial charge >= 0.3 is 0 Å². The fraction of sp³-hybridized carbons (Fsp3) is 0.138. The molecule has 0 aliphatic carbocycles. The van der Waals surface area contributed by atoms with Crippen molar-refractivity contribution in [3.63, 3.8) is 0 Å². The number of hydrogen-bond acceptors (Lipinski definition) is 5. The first-order valence-electron chi connectivity index (χ1n) is 12.0. The Labute approximate surface area is 227 Å². The minimum atomic E-state index is -4.11. The van der Waals surface area contributed by atoms with Gasteiger partial charge in [0.2, 0.25) is 15.9 Å². The maximum Gasteiger partial charge on any atom is 0.243 e. The van der Waals surface area contributed by atoms with E-state index in [2.05, 4.69) is 10.0 Å². The predicted octanol–water partition coefficient (Wildman–Crippen LogP) is 6.06. The summed E-state index contributed by atoms with van der Waals surface area (Å²) in [5.41, 5.74) is 1.19. The zero-order valence-corrected chi connectivity index (χ0v) is 22.2. The third-order valence-electron chi connectivity index (χ3n) is 5.53. The highest BCUT2D eigenvalue weighted by atomic mass is 35.5. The molecule has 0 saturated carbocycles. The number of para-hydroxylation sites is 3. The van der Waals surface area contributed by atoms with Crippen molar-refractivity contribution in [2.45, 2.75) is 24.3 Å².